The summed E-state index contributed by atoms with van der Waals surface area (Å²) in [6, 6.07) is 7.95. The molecule has 1 aromatic carbocycles. The Kier molecular flexibility index (Phi) is 4.59. The van der Waals surface area contributed by atoms with Gasteiger partial charge in [-0.1, -0.05) is 24.8 Å². The molecule has 0 spiro atoms. The highest BCUT2D eigenvalue weighted by Gasteiger charge is 2.07. The van der Waals surface area contributed by atoms with Gasteiger partial charge >= 0.3 is 0 Å². The van der Waals surface area contributed by atoms with Gasteiger partial charge in [0.25, 0.3) is 0 Å². The van der Waals surface area contributed by atoms with Crippen molar-refractivity contribution in [1.82, 2.24) is 0 Å². The van der Waals surface area contributed by atoms with E-state index in [0.29, 0.717) is 13.2 Å². The third-order valence-electron chi connectivity index (χ3n) is 3.20. The van der Waals surface area contributed by atoms with Gasteiger partial charge in [-0.15, -0.1) is 0 Å². The Labute approximate surface area is 109 Å². The van der Waals surface area contributed by atoms with Gasteiger partial charge in [0.15, 0.2) is 0 Å². The second kappa shape index (κ2) is 6.41. The van der Waals surface area contributed by atoms with Crippen molar-refractivity contribution in [3.63, 3.8) is 0 Å². The number of hydrogen-bond acceptors (Lipinski definition) is 2. The van der Waals surface area contributed by atoms with Crippen LogP contribution >= 0.6 is 0 Å². The number of allylic oxidation sites excluding steroid dienone is 1. The molecule has 0 aromatic heterocycles. The summed E-state index contributed by atoms with van der Waals surface area (Å²) in [5, 5.41) is 0. The highest BCUT2D eigenvalue weighted by Crippen LogP contribution is 2.23. The SMILES string of the molecule is C=C(COCc1ccc(OC)cc1)C1=CCCC1. The standard InChI is InChI=1S/C16H20O2/c1-13(15-5-3-4-6-15)11-18-12-14-7-9-16(17-2)10-8-14/h5,7-10H,1,3-4,6,11-12H2,2H3. The van der Waals surface area contributed by atoms with Crippen molar-refractivity contribution in [3.05, 3.63) is 53.6 Å². The first kappa shape index (κ1) is 12.9. The third kappa shape index (κ3) is 3.47. The quantitative estimate of drug-likeness (QED) is 0.756. The fourth-order valence-corrected chi connectivity index (χ4v) is 2.10. The molecule has 0 amide bonds. The number of benzene rings is 1. The third-order valence-corrected chi connectivity index (χ3v) is 3.20. The zero-order chi connectivity index (χ0) is 12.8. The lowest BCUT2D eigenvalue weighted by atomic mass is 10.1. The van der Waals surface area contributed by atoms with Gasteiger partial charge in [-0.2, -0.15) is 0 Å². The predicted octanol–water partition coefficient (Wildman–Crippen LogP) is 3.88. The van der Waals surface area contributed by atoms with Gasteiger partial charge < -0.3 is 9.47 Å². The van der Waals surface area contributed by atoms with E-state index in [-0.39, 0.29) is 0 Å². The zero-order valence-electron chi connectivity index (χ0n) is 10.9. The Bertz CT molecular complexity index is 429. The van der Waals surface area contributed by atoms with E-state index < -0.39 is 0 Å². The highest BCUT2D eigenvalue weighted by atomic mass is 16.5. The Morgan fingerprint density at radius 1 is 1.28 bits per heavy atom. The molecule has 0 radical (unpaired) electrons. The van der Waals surface area contributed by atoms with Crippen LogP contribution in [0.1, 0.15) is 24.8 Å². The summed E-state index contributed by atoms with van der Waals surface area (Å²) in [7, 11) is 1.67. The van der Waals surface area contributed by atoms with E-state index in [1.807, 2.05) is 24.3 Å². The summed E-state index contributed by atoms with van der Waals surface area (Å²) in [5.74, 6) is 0.874. The first-order valence-corrected chi connectivity index (χ1v) is 6.37. The fourth-order valence-electron chi connectivity index (χ4n) is 2.10. The number of ether oxygens (including phenoxy) is 2. The van der Waals surface area contributed by atoms with Crippen LogP contribution < -0.4 is 4.74 Å². The van der Waals surface area contributed by atoms with Gasteiger partial charge in [0.05, 0.1) is 20.3 Å². The Hall–Kier alpha value is -1.54. The van der Waals surface area contributed by atoms with E-state index in [4.69, 9.17) is 9.47 Å². The lowest BCUT2D eigenvalue weighted by Crippen LogP contribution is -1.99. The van der Waals surface area contributed by atoms with Gasteiger partial charge in [-0.3, -0.25) is 0 Å². The summed E-state index contributed by atoms with van der Waals surface area (Å²) >= 11 is 0. The first-order valence-electron chi connectivity index (χ1n) is 6.37. The molecule has 2 heteroatoms. The van der Waals surface area contributed by atoms with Gasteiger partial charge in [-0.05, 0) is 48.1 Å². The summed E-state index contributed by atoms with van der Waals surface area (Å²) in [4.78, 5) is 0. The molecule has 18 heavy (non-hydrogen) atoms. The Balaban J connectivity index is 1.75. The lowest BCUT2D eigenvalue weighted by Gasteiger charge is -2.08. The Morgan fingerprint density at radius 3 is 2.67 bits per heavy atom. The van der Waals surface area contributed by atoms with Crippen molar-refractivity contribution < 1.29 is 9.47 Å². The van der Waals surface area contributed by atoms with Crippen LogP contribution in [0.25, 0.3) is 0 Å². The van der Waals surface area contributed by atoms with Crippen LogP contribution in [0.15, 0.2) is 48.1 Å². The summed E-state index contributed by atoms with van der Waals surface area (Å²) in [6.07, 6.45) is 5.88. The van der Waals surface area contributed by atoms with Gasteiger partial charge in [0, 0.05) is 0 Å². The lowest BCUT2D eigenvalue weighted by molar-refractivity contribution is 0.143. The zero-order valence-corrected chi connectivity index (χ0v) is 10.9. The molecule has 96 valence electrons. The maximum atomic E-state index is 5.69. The fraction of sp³-hybridized carbons (Fsp3) is 0.375. The summed E-state index contributed by atoms with van der Waals surface area (Å²) in [6.45, 7) is 5.33. The van der Waals surface area contributed by atoms with Crippen LogP contribution in [0.2, 0.25) is 0 Å². The molecule has 0 bridgehead atoms. The van der Waals surface area contributed by atoms with Crippen LogP contribution in [0.4, 0.5) is 0 Å². The van der Waals surface area contributed by atoms with Crippen LogP contribution in [0, 0.1) is 0 Å². The number of methoxy groups -OCH3 is 1. The van der Waals surface area contributed by atoms with Crippen molar-refractivity contribution >= 4 is 0 Å². The van der Waals surface area contributed by atoms with Crippen LogP contribution in [0.3, 0.4) is 0 Å². The molecule has 0 saturated heterocycles. The van der Waals surface area contributed by atoms with Crippen molar-refractivity contribution in [1.29, 1.82) is 0 Å². The van der Waals surface area contributed by atoms with Crippen LogP contribution in [0.5, 0.6) is 5.75 Å². The van der Waals surface area contributed by atoms with Crippen molar-refractivity contribution in [2.75, 3.05) is 13.7 Å². The molecular weight excluding hydrogens is 224 g/mol. The van der Waals surface area contributed by atoms with E-state index >= 15 is 0 Å². The smallest absolute Gasteiger partial charge is 0.118 e. The highest BCUT2D eigenvalue weighted by molar-refractivity contribution is 5.31. The molecule has 0 atom stereocenters. The predicted molar refractivity (Wildman–Crippen MR) is 73.7 cm³/mol. The molecule has 2 rings (SSSR count). The average molecular weight is 244 g/mol. The molecular formula is C16H20O2. The number of rotatable bonds is 6. The molecule has 0 saturated carbocycles. The molecule has 2 nitrogen and oxygen atoms in total. The normalized spacial score (nSPS) is 14.4. The van der Waals surface area contributed by atoms with Crippen molar-refractivity contribution in [3.8, 4) is 5.75 Å². The van der Waals surface area contributed by atoms with Crippen molar-refractivity contribution in [2.45, 2.75) is 25.9 Å². The van der Waals surface area contributed by atoms with Gasteiger partial charge in [0.2, 0.25) is 0 Å². The van der Waals surface area contributed by atoms with Gasteiger partial charge in [-0.25, -0.2) is 0 Å². The topological polar surface area (TPSA) is 18.5 Å². The minimum Gasteiger partial charge on any atom is -0.497 e. The van der Waals surface area contributed by atoms with E-state index in [2.05, 4.69) is 12.7 Å². The molecule has 0 heterocycles. The molecule has 0 fully saturated rings. The molecule has 1 aliphatic carbocycles. The van der Waals surface area contributed by atoms with Gasteiger partial charge in [0.1, 0.15) is 5.75 Å². The van der Waals surface area contributed by atoms with E-state index in [1.54, 1.807) is 7.11 Å². The molecule has 1 aromatic rings. The second-order valence-electron chi connectivity index (χ2n) is 4.57. The van der Waals surface area contributed by atoms with E-state index in [1.165, 1.54) is 18.4 Å². The van der Waals surface area contributed by atoms with Crippen molar-refractivity contribution in [2.24, 2.45) is 0 Å². The maximum Gasteiger partial charge on any atom is 0.118 e. The second-order valence-corrected chi connectivity index (χ2v) is 4.57. The molecule has 0 N–H and O–H groups in total. The largest absolute Gasteiger partial charge is 0.497 e. The van der Waals surface area contributed by atoms with Crippen LogP contribution in [-0.4, -0.2) is 13.7 Å². The summed E-state index contributed by atoms with van der Waals surface area (Å²) < 4.78 is 10.8. The minimum absolute atomic E-state index is 0.621. The molecule has 0 aliphatic heterocycles. The molecule has 0 unspecified atom stereocenters. The first-order chi connectivity index (χ1) is 8.79. The number of hydrogen-bond donors (Lipinski definition) is 0. The van der Waals surface area contributed by atoms with Crippen LogP contribution in [-0.2, 0) is 11.3 Å². The maximum absolute atomic E-state index is 5.69. The molecule has 1 aliphatic rings. The van der Waals surface area contributed by atoms with E-state index in [0.717, 1.165) is 23.3 Å². The van der Waals surface area contributed by atoms with E-state index in [9.17, 15) is 0 Å². The monoisotopic (exact) mass is 244 g/mol. The minimum atomic E-state index is 0.621. The average Bonchev–Trinajstić information content (AvgIpc) is 2.93. The Morgan fingerprint density at radius 2 is 2.06 bits per heavy atom. The summed E-state index contributed by atoms with van der Waals surface area (Å²) in [5.41, 5.74) is 3.66.